The van der Waals surface area contributed by atoms with E-state index in [1.165, 1.54) is 0 Å². The molecular weight excluding hydrogens is 340 g/mol. The normalized spacial score (nSPS) is 15.0. The Labute approximate surface area is 155 Å². The summed E-state index contributed by atoms with van der Waals surface area (Å²) in [7, 11) is 0. The number of benzene rings is 2. The Hall–Kier alpha value is -3.41. The van der Waals surface area contributed by atoms with Gasteiger partial charge in [-0.3, -0.25) is 4.79 Å². The van der Waals surface area contributed by atoms with Crippen molar-refractivity contribution in [2.75, 3.05) is 0 Å². The summed E-state index contributed by atoms with van der Waals surface area (Å²) >= 11 is 0. The summed E-state index contributed by atoms with van der Waals surface area (Å²) in [4.78, 5) is 20.6. The summed E-state index contributed by atoms with van der Waals surface area (Å²) in [5, 5.41) is 7.17. The Kier molecular flexibility index (Phi) is 3.57. The molecule has 1 fully saturated rings. The molecule has 0 radical (unpaired) electrons. The Morgan fingerprint density at radius 1 is 1.11 bits per heavy atom. The van der Waals surface area contributed by atoms with E-state index >= 15 is 0 Å². The standard InChI is InChI=1S/C21H18N4O2/c26-20(22-13-19-23-15-8-4-5-9-16(15)24-19)21(10-11-21)18-12-17(27-25-18)14-6-2-1-3-7-14/h1-9,12H,10-11,13H2,(H,22,26)(H,23,24). The highest BCUT2D eigenvalue weighted by molar-refractivity contribution is 5.91. The van der Waals surface area contributed by atoms with Gasteiger partial charge in [-0.05, 0) is 25.0 Å². The highest BCUT2D eigenvalue weighted by atomic mass is 16.5. The number of rotatable bonds is 5. The van der Waals surface area contributed by atoms with Gasteiger partial charge in [0.15, 0.2) is 5.76 Å². The molecule has 0 unspecified atom stereocenters. The first-order valence-electron chi connectivity index (χ1n) is 8.99. The van der Waals surface area contributed by atoms with Crippen molar-refractivity contribution in [1.29, 1.82) is 0 Å². The molecule has 0 spiro atoms. The second kappa shape index (κ2) is 6.09. The largest absolute Gasteiger partial charge is 0.356 e. The van der Waals surface area contributed by atoms with Crippen molar-refractivity contribution in [3.63, 3.8) is 0 Å². The Bertz CT molecular complexity index is 1080. The van der Waals surface area contributed by atoms with Crippen LogP contribution in [-0.2, 0) is 16.8 Å². The number of H-pyrrole nitrogens is 1. The highest BCUT2D eigenvalue weighted by Gasteiger charge is 2.53. The SMILES string of the molecule is O=C(NCc1nc2ccccc2[nH]1)C1(c2cc(-c3ccccc3)on2)CC1. The van der Waals surface area contributed by atoms with Gasteiger partial charge in [-0.1, -0.05) is 47.6 Å². The van der Waals surface area contributed by atoms with E-state index in [-0.39, 0.29) is 5.91 Å². The lowest BCUT2D eigenvalue weighted by Gasteiger charge is -2.11. The minimum atomic E-state index is -0.581. The average Bonchev–Trinajstić information content (AvgIpc) is 3.18. The van der Waals surface area contributed by atoms with Crippen LogP contribution in [0.1, 0.15) is 24.4 Å². The van der Waals surface area contributed by atoms with Crippen LogP contribution in [-0.4, -0.2) is 21.0 Å². The maximum absolute atomic E-state index is 12.8. The van der Waals surface area contributed by atoms with E-state index in [1.807, 2.05) is 60.7 Å². The molecule has 2 N–H and O–H groups in total. The van der Waals surface area contributed by atoms with Crippen molar-refractivity contribution >= 4 is 16.9 Å². The summed E-state index contributed by atoms with van der Waals surface area (Å²) in [6.45, 7) is 0.360. The fourth-order valence-corrected chi connectivity index (χ4v) is 3.39. The molecule has 6 nitrogen and oxygen atoms in total. The predicted octanol–water partition coefficient (Wildman–Crippen LogP) is 3.57. The number of nitrogens with one attached hydrogen (secondary N) is 2. The van der Waals surface area contributed by atoms with E-state index in [9.17, 15) is 4.79 Å². The third kappa shape index (κ3) is 2.79. The zero-order chi connectivity index (χ0) is 18.3. The molecule has 2 heterocycles. The number of amides is 1. The lowest BCUT2D eigenvalue weighted by Crippen LogP contribution is -2.34. The topological polar surface area (TPSA) is 83.8 Å². The van der Waals surface area contributed by atoms with Gasteiger partial charge in [0, 0.05) is 11.6 Å². The number of carbonyl (C=O) groups is 1. The van der Waals surface area contributed by atoms with Crippen molar-refractivity contribution in [3.8, 4) is 11.3 Å². The predicted molar refractivity (Wildman–Crippen MR) is 101 cm³/mol. The van der Waals surface area contributed by atoms with Crippen LogP contribution >= 0.6 is 0 Å². The lowest BCUT2D eigenvalue weighted by atomic mass is 10.0. The molecule has 4 aromatic rings. The van der Waals surface area contributed by atoms with Gasteiger partial charge in [-0.2, -0.15) is 0 Å². The molecule has 2 aromatic heterocycles. The van der Waals surface area contributed by atoms with E-state index in [0.717, 1.165) is 35.3 Å². The monoisotopic (exact) mass is 358 g/mol. The number of hydrogen-bond acceptors (Lipinski definition) is 4. The number of hydrogen-bond donors (Lipinski definition) is 2. The molecule has 1 saturated carbocycles. The lowest BCUT2D eigenvalue weighted by molar-refractivity contribution is -0.123. The molecule has 2 aromatic carbocycles. The van der Waals surface area contributed by atoms with Crippen LogP contribution in [0.2, 0.25) is 0 Å². The summed E-state index contributed by atoms with van der Waals surface area (Å²) < 4.78 is 5.48. The molecule has 0 saturated heterocycles. The van der Waals surface area contributed by atoms with Gasteiger partial charge in [-0.15, -0.1) is 0 Å². The Balaban J connectivity index is 1.32. The number of fused-ring (bicyclic) bond motifs is 1. The number of aromatic nitrogens is 3. The van der Waals surface area contributed by atoms with Crippen LogP contribution in [0.15, 0.2) is 65.2 Å². The van der Waals surface area contributed by atoms with E-state index < -0.39 is 5.41 Å². The van der Waals surface area contributed by atoms with Crippen LogP contribution in [0.5, 0.6) is 0 Å². The van der Waals surface area contributed by atoms with E-state index in [1.54, 1.807) is 0 Å². The summed E-state index contributed by atoms with van der Waals surface area (Å²) in [5.74, 6) is 1.39. The maximum atomic E-state index is 12.8. The van der Waals surface area contributed by atoms with Crippen LogP contribution in [0, 0.1) is 0 Å². The molecule has 1 aliphatic carbocycles. The number of aromatic amines is 1. The Morgan fingerprint density at radius 3 is 2.67 bits per heavy atom. The molecule has 0 bridgehead atoms. The third-order valence-electron chi connectivity index (χ3n) is 5.10. The molecular formula is C21H18N4O2. The van der Waals surface area contributed by atoms with Gasteiger partial charge < -0.3 is 14.8 Å². The molecule has 6 heteroatoms. The van der Waals surface area contributed by atoms with Crippen molar-refractivity contribution in [2.45, 2.75) is 24.8 Å². The van der Waals surface area contributed by atoms with Crippen LogP contribution in [0.4, 0.5) is 0 Å². The molecule has 5 rings (SSSR count). The van der Waals surface area contributed by atoms with Gasteiger partial charge >= 0.3 is 0 Å². The Morgan fingerprint density at radius 2 is 1.89 bits per heavy atom. The molecule has 134 valence electrons. The third-order valence-corrected chi connectivity index (χ3v) is 5.10. The van der Waals surface area contributed by atoms with Gasteiger partial charge in [0.25, 0.3) is 0 Å². The second-order valence-corrected chi connectivity index (χ2v) is 6.91. The minimum Gasteiger partial charge on any atom is -0.356 e. The van der Waals surface area contributed by atoms with Crippen molar-refractivity contribution in [3.05, 3.63) is 72.2 Å². The molecule has 0 atom stereocenters. The van der Waals surface area contributed by atoms with Gasteiger partial charge in [0.05, 0.1) is 28.7 Å². The highest BCUT2D eigenvalue weighted by Crippen LogP contribution is 2.48. The number of nitrogens with zero attached hydrogens (tertiary/aromatic N) is 2. The summed E-state index contributed by atoms with van der Waals surface area (Å²) in [6.07, 6.45) is 1.56. The van der Waals surface area contributed by atoms with Crippen LogP contribution < -0.4 is 5.32 Å². The molecule has 0 aliphatic heterocycles. The number of imidazole rings is 1. The van der Waals surface area contributed by atoms with Crippen molar-refractivity contribution in [1.82, 2.24) is 20.4 Å². The zero-order valence-electron chi connectivity index (χ0n) is 14.6. The van der Waals surface area contributed by atoms with Gasteiger partial charge in [-0.25, -0.2) is 4.98 Å². The van der Waals surface area contributed by atoms with Gasteiger partial charge in [0.1, 0.15) is 5.82 Å². The first kappa shape index (κ1) is 15.8. The number of carbonyl (C=O) groups excluding carboxylic acids is 1. The second-order valence-electron chi connectivity index (χ2n) is 6.91. The zero-order valence-corrected chi connectivity index (χ0v) is 14.6. The summed E-state index contributed by atoms with van der Waals surface area (Å²) in [5.41, 5.74) is 2.93. The maximum Gasteiger partial charge on any atom is 0.232 e. The van der Waals surface area contributed by atoms with E-state index in [4.69, 9.17) is 4.52 Å². The van der Waals surface area contributed by atoms with Crippen LogP contribution in [0.25, 0.3) is 22.4 Å². The smallest absolute Gasteiger partial charge is 0.232 e. The first-order chi connectivity index (χ1) is 13.2. The average molecular weight is 358 g/mol. The molecule has 1 amide bonds. The van der Waals surface area contributed by atoms with Crippen molar-refractivity contribution in [2.24, 2.45) is 0 Å². The fraction of sp³-hybridized carbons (Fsp3) is 0.190. The minimum absolute atomic E-state index is 0.0316. The fourth-order valence-electron chi connectivity index (χ4n) is 3.39. The van der Waals surface area contributed by atoms with Crippen molar-refractivity contribution < 1.29 is 9.32 Å². The first-order valence-corrected chi connectivity index (χ1v) is 8.99. The van der Waals surface area contributed by atoms with E-state index in [2.05, 4.69) is 20.4 Å². The van der Waals surface area contributed by atoms with E-state index in [0.29, 0.717) is 18.0 Å². The van der Waals surface area contributed by atoms with Gasteiger partial charge in [0.2, 0.25) is 5.91 Å². The summed E-state index contributed by atoms with van der Waals surface area (Å²) in [6, 6.07) is 19.5. The molecule has 27 heavy (non-hydrogen) atoms. The quantitative estimate of drug-likeness (QED) is 0.571. The van der Waals surface area contributed by atoms with Crippen LogP contribution in [0.3, 0.4) is 0 Å². The number of para-hydroxylation sites is 2. The molecule has 1 aliphatic rings.